The van der Waals surface area contributed by atoms with Crippen LogP contribution in [0.1, 0.15) is 47.2 Å². The lowest BCUT2D eigenvalue weighted by Crippen LogP contribution is -2.25. The highest BCUT2D eigenvalue weighted by atomic mass is 15.0. The molecule has 75 heavy (non-hydrogen) atoms. The van der Waals surface area contributed by atoms with E-state index in [9.17, 15) is 0 Å². The van der Waals surface area contributed by atoms with Gasteiger partial charge >= 0.3 is 0 Å². The van der Waals surface area contributed by atoms with Crippen LogP contribution < -0.4 is 0 Å². The summed E-state index contributed by atoms with van der Waals surface area (Å²) in [7, 11) is 0. The molecule has 0 unspecified atom stereocenters. The zero-order valence-corrected chi connectivity index (χ0v) is 41.2. The summed E-state index contributed by atoms with van der Waals surface area (Å²) in [5.41, 5.74) is 26.6. The maximum atomic E-state index is 5.39. The molecule has 17 rings (SSSR count). The van der Waals surface area contributed by atoms with E-state index in [-0.39, 0.29) is 5.41 Å². The molecule has 0 fully saturated rings. The smallest absolute Gasteiger partial charge is 0.164 e. The van der Waals surface area contributed by atoms with E-state index >= 15 is 0 Å². The maximum Gasteiger partial charge on any atom is 0.164 e. The molecular formula is C71H44N4. The van der Waals surface area contributed by atoms with Gasteiger partial charge in [0.05, 0.1) is 22.1 Å². The Bertz CT molecular complexity index is 4640. The fourth-order valence-electron chi connectivity index (χ4n) is 14.2. The van der Waals surface area contributed by atoms with E-state index in [1.165, 1.54) is 116 Å². The van der Waals surface area contributed by atoms with Crippen molar-refractivity contribution in [3.63, 3.8) is 0 Å². The molecule has 0 saturated heterocycles. The minimum Gasteiger partial charge on any atom is -0.308 e. The summed E-state index contributed by atoms with van der Waals surface area (Å²) in [6.45, 7) is 4.82. The van der Waals surface area contributed by atoms with Crippen LogP contribution in [0.15, 0.2) is 231 Å². The van der Waals surface area contributed by atoms with Gasteiger partial charge in [-0.05, 0) is 113 Å². The lowest BCUT2D eigenvalue weighted by molar-refractivity contribution is 0.662. The van der Waals surface area contributed by atoms with Gasteiger partial charge in [-0.25, -0.2) is 15.0 Å². The van der Waals surface area contributed by atoms with Crippen molar-refractivity contribution in [1.29, 1.82) is 0 Å². The Balaban J connectivity index is 0.833. The molecule has 13 aromatic rings. The Morgan fingerprint density at radius 3 is 1.59 bits per heavy atom. The van der Waals surface area contributed by atoms with Gasteiger partial charge in [-0.15, -0.1) is 0 Å². The Labute approximate surface area is 434 Å². The van der Waals surface area contributed by atoms with Gasteiger partial charge in [0.1, 0.15) is 0 Å². The van der Waals surface area contributed by atoms with Crippen LogP contribution in [0.3, 0.4) is 0 Å². The fourth-order valence-corrected chi connectivity index (χ4v) is 14.2. The monoisotopic (exact) mass is 952 g/mol. The predicted molar refractivity (Wildman–Crippen MR) is 306 cm³/mol. The van der Waals surface area contributed by atoms with Crippen molar-refractivity contribution in [2.75, 3.05) is 0 Å². The summed E-state index contributed by atoms with van der Waals surface area (Å²) in [6.07, 6.45) is 0. The van der Waals surface area contributed by atoms with Crippen LogP contribution in [0.5, 0.6) is 0 Å². The first-order valence-corrected chi connectivity index (χ1v) is 26.1. The largest absolute Gasteiger partial charge is 0.308 e. The Hall–Kier alpha value is -9.51. The van der Waals surface area contributed by atoms with Crippen LogP contribution in [0.4, 0.5) is 0 Å². The van der Waals surface area contributed by atoms with Crippen LogP contribution >= 0.6 is 0 Å². The highest BCUT2D eigenvalue weighted by Gasteiger charge is 2.51. The van der Waals surface area contributed by atoms with Crippen LogP contribution in [0, 0.1) is 0 Å². The minimum atomic E-state index is -0.425. The first-order valence-electron chi connectivity index (χ1n) is 26.1. The predicted octanol–water partition coefficient (Wildman–Crippen LogP) is 17.4. The molecule has 0 bridgehead atoms. The van der Waals surface area contributed by atoms with Crippen molar-refractivity contribution in [3.05, 3.63) is 264 Å². The van der Waals surface area contributed by atoms with E-state index in [1.54, 1.807) is 0 Å². The molecule has 0 N–H and O–H groups in total. The van der Waals surface area contributed by atoms with Crippen molar-refractivity contribution >= 4 is 32.6 Å². The number of hydrogen-bond acceptors (Lipinski definition) is 3. The normalized spacial score (nSPS) is 14.2. The molecule has 0 saturated carbocycles. The molecule has 4 aliphatic rings. The van der Waals surface area contributed by atoms with Gasteiger partial charge in [0, 0.05) is 44.0 Å². The second kappa shape index (κ2) is 14.6. The minimum absolute atomic E-state index is 0.255. The van der Waals surface area contributed by atoms with Crippen molar-refractivity contribution in [1.82, 2.24) is 19.5 Å². The summed E-state index contributed by atoms with van der Waals surface area (Å²) in [6, 6.07) is 85.0. The van der Waals surface area contributed by atoms with E-state index < -0.39 is 5.41 Å². The molecule has 0 amide bonds. The Morgan fingerprint density at radius 1 is 0.333 bits per heavy atom. The topological polar surface area (TPSA) is 43.6 Å². The summed E-state index contributed by atoms with van der Waals surface area (Å²) < 4.78 is 2.53. The Kier molecular flexibility index (Phi) is 7.98. The second-order valence-corrected chi connectivity index (χ2v) is 21.4. The quantitative estimate of drug-likeness (QED) is 0.177. The number of para-hydroxylation sites is 2. The van der Waals surface area contributed by atoms with Crippen molar-refractivity contribution < 1.29 is 0 Å². The molecule has 3 heterocycles. The molecule has 0 radical (unpaired) electrons. The molecule has 348 valence electrons. The zero-order valence-electron chi connectivity index (χ0n) is 41.2. The molecule has 2 aromatic heterocycles. The average Bonchev–Trinajstić information content (AvgIpc) is 4.34. The van der Waals surface area contributed by atoms with Gasteiger partial charge in [-0.3, -0.25) is 0 Å². The van der Waals surface area contributed by atoms with Crippen molar-refractivity contribution in [2.24, 2.45) is 0 Å². The number of nitrogens with zero attached hydrogens (tertiary/aromatic N) is 4. The van der Waals surface area contributed by atoms with Crippen LogP contribution in [0.2, 0.25) is 0 Å². The van der Waals surface area contributed by atoms with E-state index in [4.69, 9.17) is 15.0 Å². The summed E-state index contributed by atoms with van der Waals surface area (Å²) in [5, 5.41) is 4.90. The van der Waals surface area contributed by atoms with Gasteiger partial charge in [0.2, 0.25) is 0 Å². The third-order valence-electron chi connectivity index (χ3n) is 17.4. The van der Waals surface area contributed by atoms with Gasteiger partial charge < -0.3 is 4.57 Å². The number of rotatable bonds is 4. The van der Waals surface area contributed by atoms with E-state index in [1.807, 2.05) is 0 Å². The van der Waals surface area contributed by atoms with E-state index in [0.29, 0.717) is 17.5 Å². The SMILES string of the molecule is CC1(C)c2ccc3c4ccccc4n4c3c2-c2c(ccc(-c3ccc(-c5nc(-c6ccc7c(c6)-c6ccccc6C76c7ccccc7-c7ccccc76)nc(-c6ccc7ccccc7c6)n5)cc3)c21)-c1ccccc1-4. The molecule has 0 atom stereocenters. The fraction of sp³-hybridized carbons (Fsp3) is 0.0563. The third kappa shape index (κ3) is 5.28. The highest BCUT2D eigenvalue weighted by Crippen LogP contribution is 2.64. The van der Waals surface area contributed by atoms with E-state index in [2.05, 4.69) is 249 Å². The molecule has 3 aliphatic carbocycles. The third-order valence-corrected chi connectivity index (χ3v) is 17.4. The number of hydrogen-bond donors (Lipinski definition) is 0. The lowest BCUT2D eigenvalue weighted by Gasteiger charge is -2.30. The molecular weight excluding hydrogens is 909 g/mol. The summed E-state index contributed by atoms with van der Waals surface area (Å²) in [5.74, 6) is 1.92. The molecule has 1 spiro atoms. The van der Waals surface area contributed by atoms with Crippen LogP contribution in [-0.2, 0) is 10.8 Å². The van der Waals surface area contributed by atoms with Crippen molar-refractivity contribution in [3.8, 4) is 95.5 Å². The van der Waals surface area contributed by atoms with E-state index in [0.717, 1.165) is 27.6 Å². The average molecular weight is 953 g/mol. The standard InChI is InChI=1S/C71H44N4/c1-70(2)60-38-36-54-52-21-9-14-26-62(52)75-61-25-13-8-20-51(61)53-35-34-47(65(70)63(53)64(60)66(54)75)42-28-30-43(31-29-42)67-72-68(45-32-27-41-15-3-4-16-44(41)39-45)74-69(73-67)46-33-37-59-55(40-46)50-19-7-12-24-58(50)71(59)56-22-10-5-17-48(56)49-18-6-11-23-57(49)71/h3-40H,1-2H3. The summed E-state index contributed by atoms with van der Waals surface area (Å²) in [4.78, 5) is 16.0. The Morgan fingerprint density at radius 2 is 0.853 bits per heavy atom. The van der Waals surface area contributed by atoms with Crippen LogP contribution in [-0.4, -0.2) is 19.5 Å². The van der Waals surface area contributed by atoms with Gasteiger partial charge in [-0.2, -0.15) is 0 Å². The molecule has 11 aromatic carbocycles. The van der Waals surface area contributed by atoms with Crippen LogP contribution in [0.25, 0.3) is 128 Å². The van der Waals surface area contributed by atoms with Gasteiger partial charge in [0.15, 0.2) is 17.5 Å². The first kappa shape index (κ1) is 41.0. The highest BCUT2D eigenvalue weighted by molar-refractivity contribution is 6.19. The van der Waals surface area contributed by atoms with Crippen molar-refractivity contribution in [2.45, 2.75) is 24.7 Å². The number of fused-ring (bicyclic) bond motifs is 17. The first-order chi connectivity index (χ1) is 36.9. The zero-order chi connectivity index (χ0) is 49.3. The summed E-state index contributed by atoms with van der Waals surface area (Å²) >= 11 is 0. The molecule has 1 aliphatic heterocycles. The lowest BCUT2D eigenvalue weighted by atomic mass is 9.70. The number of aromatic nitrogens is 4. The maximum absolute atomic E-state index is 5.39. The number of benzene rings is 11. The molecule has 4 nitrogen and oxygen atoms in total. The van der Waals surface area contributed by atoms with Gasteiger partial charge in [0.25, 0.3) is 0 Å². The van der Waals surface area contributed by atoms with Gasteiger partial charge in [-0.1, -0.05) is 220 Å². The molecule has 4 heteroatoms. The second-order valence-electron chi connectivity index (χ2n) is 21.4.